The van der Waals surface area contributed by atoms with Crippen molar-refractivity contribution in [3.63, 3.8) is 0 Å². The van der Waals surface area contributed by atoms with Crippen molar-refractivity contribution in [1.82, 2.24) is 4.31 Å². The highest BCUT2D eigenvalue weighted by Crippen LogP contribution is 2.31. The molecule has 1 aromatic carbocycles. The van der Waals surface area contributed by atoms with Crippen molar-refractivity contribution in [2.24, 2.45) is 5.92 Å². The van der Waals surface area contributed by atoms with Crippen LogP contribution in [-0.2, 0) is 14.8 Å². The first-order valence-electron chi connectivity index (χ1n) is 5.79. The average molecular weight is 304 g/mol. The van der Waals surface area contributed by atoms with Crippen LogP contribution >= 0.6 is 11.6 Å². The van der Waals surface area contributed by atoms with Gasteiger partial charge < -0.3 is 5.11 Å². The van der Waals surface area contributed by atoms with Crippen LogP contribution in [0, 0.1) is 12.8 Å². The fourth-order valence-corrected chi connectivity index (χ4v) is 4.21. The van der Waals surface area contributed by atoms with Gasteiger partial charge in [-0.3, -0.25) is 4.79 Å². The molecule has 1 heterocycles. The Hall–Kier alpha value is -1.11. The molecule has 1 fully saturated rings. The molecule has 7 heteroatoms. The Morgan fingerprint density at radius 3 is 2.63 bits per heavy atom. The highest BCUT2D eigenvalue weighted by molar-refractivity contribution is 7.89. The second kappa shape index (κ2) is 5.11. The topological polar surface area (TPSA) is 74.7 Å². The number of aryl methyl sites for hydroxylation is 1. The molecule has 0 radical (unpaired) electrons. The lowest BCUT2D eigenvalue weighted by molar-refractivity contribution is -0.139. The fourth-order valence-electron chi connectivity index (χ4n) is 2.05. The minimum absolute atomic E-state index is 0.00630. The monoisotopic (exact) mass is 303 g/mol. The van der Waals surface area contributed by atoms with Crippen LogP contribution in [0.2, 0.25) is 5.02 Å². The normalized spacial score (nSPS) is 17.2. The first-order chi connectivity index (χ1) is 8.80. The number of halogens is 1. The summed E-state index contributed by atoms with van der Waals surface area (Å²) in [6.07, 6.45) is -0.00630. The van der Waals surface area contributed by atoms with Crippen LogP contribution in [0.15, 0.2) is 23.1 Å². The van der Waals surface area contributed by atoms with Gasteiger partial charge in [0.2, 0.25) is 10.0 Å². The van der Waals surface area contributed by atoms with Gasteiger partial charge in [0.25, 0.3) is 0 Å². The summed E-state index contributed by atoms with van der Waals surface area (Å²) in [4.78, 5) is 10.6. The largest absolute Gasteiger partial charge is 0.481 e. The van der Waals surface area contributed by atoms with Crippen LogP contribution in [0.3, 0.4) is 0 Å². The van der Waals surface area contributed by atoms with E-state index in [2.05, 4.69) is 0 Å². The van der Waals surface area contributed by atoms with E-state index in [1.165, 1.54) is 10.4 Å². The Morgan fingerprint density at radius 2 is 2.11 bits per heavy atom. The smallest absolute Gasteiger partial charge is 0.303 e. The number of sulfonamides is 1. The third-order valence-corrected chi connectivity index (χ3v) is 5.41. The van der Waals surface area contributed by atoms with E-state index >= 15 is 0 Å². The quantitative estimate of drug-likeness (QED) is 0.919. The van der Waals surface area contributed by atoms with E-state index in [4.69, 9.17) is 16.7 Å². The highest BCUT2D eigenvalue weighted by atomic mass is 35.5. The summed E-state index contributed by atoms with van der Waals surface area (Å²) in [5.74, 6) is -1.02. The maximum Gasteiger partial charge on any atom is 0.303 e. The molecule has 0 spiro atoms. The molecule has 0 unspecified atom stereocenters. The third-order valence-electron chi connectivity index (χ3n) is 3.09. The Kier molecular flexibility index (Phi) is 3.85. The van der Waals surface area contributed by atoms with Crippen molar-refractivity contribution in [3.8, 4) is 0 Å². The molecular weight excluding hydrogens is 290 g/mol. The van der Waals surface area contributed by atoms with E-state index in [1.54, 1.807) is 12.1 Å². The van der Waals surface area contributed by atoms with Crippen LogP contribution in [0.5, 0.6) is 0 Å². The average Bonchev–Trinajstić information content (AvgIpc) is 2.21. The van der Waals surface area contributed by atoms with Crippen molar-refractivity contribution >= 4 is 27.6 Å². The van der Waals surface area contributed by atoms with Crippen molar-refractivity contribution in [2.75, 3.05) is 13.1 Å². The molecule has 1 N–H and O–H groups in total. The summed E-state index contributed by atoms with van der Waals surface area (Å²) < 4.78 is 25.8. The predicted octanol–water partition coefficient (Wildman–Crippen LogP) is 1.74. The van der Waals surface area contributed by atoms with Crippen molar-refractivity contribution < 1.29 is 18.3 Å². The molecule has 0 atom stereocenters. The Bertz CT molecular complexity index is 608. The van der Waals surface area contributed by atoms with Crippen LogP contribution in [0.4, 0.5) is 0 Å². The lowest BCUT2D eigenvalue weighted by Crippen LogP contribution is -2.50. The van der Waals surface area contributed by atoms with E-state index in [-0.39, 0.29) is 35.3 Å². The van der Waals surface area contributed by atoms with Crippen LogP contribution in [-0.4, -0.2) is 36.9 Å². The molecule has 1 saturated heterocycles. The third kappa shape index (κ3) is 2.91. The van der Waals surface area contributed by atoms with E-state index in [9.17, 15) is 13.2 Å². The maximum atomic E-state index is 12.3. The van der Waals surface area contributed by atoms with Gasteiger partial charge in [0.05, 0.1) is 11.4 Å². The fraction of sp³-hybridized carbons (Fsp3) is 0.417. The van der Waals surface area contributed by atoms with Gasteiger partial charge in [-0.15, -0.1) is 0 Å². The lowest BCUT2D eigenvalue weighted by atomic mass is 10.00. The summed E-state index contributed by atoms with van der Waals surface area (Å²) in [5.41, 5.74) is 0.885. The molecule has 1 aliphatic heterocycles. The predicted molar refractivity (Wildman–Crippen MR) is 70.7 cm³/mol. The minimum Gasteiger partial charge on any atom is -0.481 e. The van der Waals surface area contributed by atoms with Gasteiger partial charge in [0.15, 0.2) is 0 Å². The molecule has 0 bridgehead atoms. The molecule has 104 valence electrons. The van der Waals surface area contributed by atoms with E-state index in [1.807, 2.05) is 6.92 Å². The highest BCUT2D eigenvalue weighted by Gasteiger charge is 2.38. The Labute approximate surface area is 116 Å². The maximum absolute atomic E-state index is 12.3. The molecule has 1 aliphatic rings. The molecule has 0 aliphatic carbocycles. The van der Waals surface area contributed by atoms with Gasteiger partial charge in [0, 0.05) is 13.1 Å². The Balaban J connectivity index is 2.14. The minimum atomic E-state index is -3.61. The zero-order valence-corrected chi connectivity index (χ0v) is 11.9. The number of rotatable bonds is 4. The summed E-state index contributed by atoms with van der Waals surface area (Å²) >= 11 is 5.96. The van der Waals surface area contributed by atoms with Crippen molar-refractivity contribution in [3.05, 3.63) is 28.8 Å². The zero-order valence-electron chi connectivity index (χ0n) is 10.3. The van der Waals surface area contributed by atoms with E-state index in [0.717, 1.165) is 5.56 Å². The van der Waals surface area contributed by atoms with Crippen LogP contribution in [0.25, 0.3) is 0 Å². The standard InChI is InChI=1S/C12H14ClNO4S/c1-8-2-3-11(10(13)4-8)19(17,18)14-6-9(7-14)5-12(15)16/h2-4,9H,5-7H2,1H3,(H,15,16). The summed E-state index contributed by atoms with van der Waals surface area (Å²) in [7, 11) is -3.61. The molecule has 0 aromatic heterocycles. The molecule has 2 rings (SSSR count). The number of carboxylic acids is 1. The lowest BCUT2D eigenvalue weighted by Gasteiger charge is -2.37. The first kappa shape index (κ1) is 14.3. The van der Waals surface area contributed by atoms with Gasteiger partial charge in [-0.2, -0.15) is 4.31 Å². The van der Waals surface area contributed by atoms with Gasteiger partial charge in [0.1, 0.15) is 4.90 Å². The number of hydrogen-bond acceptors (Lipinski definition) is 3. The van der Waals surface area contributed by atoms with Crippen molar-refractivity contribution in [1.29, 1.82) is 0 Å². The second-order valence-electron chi connectivity index (χ2n) is 4.72. The number of nitrogens with zero attached hydrogens (tertiary/aromatic N) is 1. The van der Waals surface area contributed by atoms with E-state index < -0.39 is 16.0 Å². The SMILES string of the molecule is Cc1ccc(S(=O)(=O)N2CC(CC(=O)O)C2)c(Cl)c1. The van der Waals surface area contributed by atoms with Crippen LogP contribution in [0.1, 0.15) is 12.0 Å². The number of aliphatic carboxylic acids is 1. The number of hydrogen-bond donors (Lipinski definition) is 1. The molecule has 1 aromatic rings. The summed E-state index contributed by atoms with van der Waals surface area (Å²) in [5, 5.41) is 8.84. The summed E-state index contributed by atoms with van der Waals surface area (Å²) in [6.45, 7) is 2.30. The molecular formula is C12H14ClNO4S. The van der Waals surface area contributed by atoms with Gasteiger partial charge in [-0.1, -0.05) is 17.7 Å². The van der Waals surface area contributed by atoms with Gasteiger partial charge >= 0.3 is 5.97 Å². The molecule has 19 heavy (non-hydrogen) atoms. The van der Waals surface area contributed by atoms with Crippen molar-refractivity contribution in [2.45, 2.75) is 18.2 Å². The second-order valence-corrected chi connectivity index (χ2v) is 7.03. The zero-order chi connectivity index (χ0) is 14.2. The first-order valence-corrected chi connectivity index (χ1v) is 7.60. The molecule has 5 nitrogen and oxygen atoms in total. The van der Waals surface area contributed by atoms with Gasteiger partial charge in [-0.05, 0) is 30.5 Å². The number of carboxylic acid groups (broad SMARTS) is 1. The number of carbonyl (C=O) groups is 1. The number of benzene rings is 1. The van der Waals surface area contributed by atoms with Crippen LogP contribution < -0.4 is 0 Å². The van der Waals surface area contributed by atoms with Gasteiger partial charge in [-0.25, -0.2) is 8.42 Å². The summed E-state index contributed by atoms with van der Waals surface area (Å²) in [6, 6.07) is 4.77. The van der Waals surface area contributed by atoms with E-state index in [0.29, 0.717) is 0 Å². The molecule has 0 amide bonds. The Morgan fingerprint density at radius 1 is 1.47 bits per heavy atom. The molecule has 0 saturated carbocycles.